The predicted octanol–water partition coefficient (Wildman–Crippen LogP) is 1.13. The van der Waals surface area contributed by atoms with E-state index in [1.807, 2.05) is 0 Å². The number of allylic oxidation sites excluding steroid dienone is 2. The molecule has 1 heterocycles. The molecule has 0 bridgehead atoms. The molecular formula is C11H8O3. The van der Waals surface area contributed by atoms with Gasteiger partial charge in [-0.05, 0) is 13.0 Å². The number of carbonyl (C=O) groups is 2. The minimum absolute atomic E-state index is 0.0500. The van der Waals surface area contributed by atoms with Gasteiger partial charge >= 0.3 is 11.9 Å². The fraction of sp³-hybridized carbons (Fsp3) is 0.0909. The molecule has 14 heavy (non-hydrogen) atoms. The molecule has 3 heteroatoms. The molecular weight excluding hydrogens is 180 g/mol. The molecule has 0 aromatic carbocycles. The van der Waals surface area contributed by atoms with Crippen molar-refractivity contribution < 1.29 is 14.3 Å². The number of rotatable bonds is 1. The van der Waals surface area contributed by atoms with E-state index in [0.717, 1.165) is 0 Å². The van der Waals surface area contributed by atoms with Gasteiger partial charge in [0.05, 0.1) is 11.1 Å². The third-order valence-corrected chi connectivity index (χ3v) is 1.58. The SMILES string of the molecule is C=C(C#CC)/C=C1\C(=C)C(=O)OC1=O. The molecule has 0 aromatic rings. The van der Waals surface area contributed by atoms with Crippen molar-refractivity contribution in [3.05, 3.63) is 36.0 Å². The molecule has 1 fully saturated rings. The summed E-state index contributed by atoms with van der Waals surface area (Å²) in [5.41, 5.74) is 0.618. The molecule has 0 radical (unpaired) electrons. The van der Waals surface area contributed by atoms with Gasteiger partial charge in [-0.25, -0.2) is 9.59 Å². The van der Waals surface area contributed by atoms with Crippen LogP contribution < -0.4 is 0 Å². The minimum Gasteiger partial charge on any atom is -0.386 e. The van der Waals surface area contributed by atoms with Gasteiger partial charge in [0.25, 0.3) is 0 Å². The highest BCUT2D eigenvalue weighted by Crippen LogP contribution is 2.21. The third kappa shape index (κ3) is 1.80. The summed E-state index contributed by atoms with van der Waals surface area (Å²) in [6, 6.07) is 0. The van der Waals surface area contributed by atoms with Crippen LogP contribution in [0.3, 0.4) is 0 Å². The molecule has 0 atom stereocenters. The fourth-order valence-corrected chi connectivity index (χ4v) is 0.951. The van der Waals surface area contributed by atoms with Crippen LogP contribution in [0.5, 0.6) is 0 Å². The van der Waals surface area contributed by atoms with Crippen LogP contribution in [-0.4, -0.2) is 11.9 Å². The Morgan fingerprint density at radius 2 is 2.07 bits per heavy atom. The van der Waals surface area contributed by atoms with E-state index >= 15 is 0 Å². The zero-order chi connectivity index (χ0) is 10.7. The summed E-state index contributed by atoms with van der Waals surface area (Å²) in [6.45, 7) is 8.67. The van der Waals surface area contributed by atoms with Crippen LogP contribution in [0.1, 0.15) is 6.92 Å². The largest absolute Gasteiger partial charge is 0.386 e. The number of hydrogen-bond acceptors (Lipinski definition) is 3. The van der Waals surface area contributed by atoms with Gasteiger partial charge in [-0.2, -0.15) is 0 Å². The van der Waals surface area contributed by atoms with Crippen LogP contribution in [0.15, 0.2) is 36.0 Å². The molecule has 0 unspecified atom stereocenters. The lowest BCUT2D eigenvalue weighted by Crippen LogP contribution is -1.97. The zero-order valence-electron chi connectivity index (χ0n) is 7.72. The maximum absolute atomic E-state index is 11.1. The van der Waals surface area contributed by atoms with E-state index < -0.39 is 11.9 Å². The monoisotopic (exact) mass is 188 g/mol. The number of hydrogen-bond donors (Lipinski definition) is 0. The second-order valence-corrected chi connectivity index (χ2v) is 2.61. The topological polar surface area (TPSA) is 43.4 Å². The Morgan fingerprint density at radius 3 is 2.50 bits per heavy atom. The predicted molar refractivity (Wildman–Crippen MR) is 50.9 cm³/mol. The molecule has 0 aromatic heterocycles. The summed E-state index contributed by atoms with van der Waals surface area (Å²) in [6.07, 6.45) is 1.39. The van der Waals surface area contributed by atoms with Crippen molar-refractivity contribution in [1.29, 1.82) is 0 Å². The van der Waals surface area contributed by atoms with Crippen molar-refractivity contribution in [1.82, 2.24) is 0 Å². The van der Waals surface area contributed by atoms with Crippen molar-refractivity contribution in [2.24, 2.45) is 0 Å². The average molecular weight is 188 g/mol. The highest BCUT2D eigenvalue weighted by molar-refractivity contribution is 6.18. The van der Waals surface area contributed by atoms with Crippen molar-refractivity contribution in [3.63, 3.8) is 0 Å². The Hall–Kier alpha value is -2.08. The molecule has 70 valence electrons. The highest BCUT2D eigenvalue weighted by atomic mass is 16.6. The quantitative estimate of drug-likeness (QED) is 0.268. The standard InChI is InChI=1S/C11H8O3/c1-4-5-7(2)6-9-8(3)10(12)14-11(9)13/h6H,2-3H2,1H3/b9-6+. The Bertz CT molecular complexity index is 427. The van der Waals surface area contributed by atoms with Crippen LogP contribution in [-0.2, 0) is 14.3 Å². The van der Waals surface area contributed by atoms with E-state index in [-0.39, 0.29) is 11.1 Å². The van der Waals surface area contributed by atoms with Gasteiger partial charge in [-0.3, -0.25) is 0 Å². The van der Waals surface area contributed by atoms with Crippen LogP contribution in [0.2, 0.25) is 0 Å². The van der Waals surface area contributed by atoms with E-state index in [1.165, 1.54) is 6.08 Å². The Labute approximate surface area is 81.7 Å². The van der Waals surface area contributed by atoms with E-state index in [0.29, 0.717) is 5.57 Å². The average Bonchev–Trinajstić information content (AvgIpc) is 2.33. The van der Waals surface area contributed by atoms with Gasteiger partial charge in [0.15, 0.2) is 0 Å². The molecule has 0 spiro atoms. The lowest BCUT2D eigenvalue weighted by molar-refractivity contribution is -0.149. The molecule has 1 aliphatic rings. The first-order chi connectivity index (χ1) is 6.56. The summed E-state index contributed by atoms with van der Waals surface area (Å²) < 4.78 is 4.33. The maximum atomic E-state index is 11.1. The smallest absolute Gasteiger partial charge is 0.346 e. The van der Waals surface area contributed by atoms with Crippen LogP contribution in [0.4, 0.5) is 0 Å². The minimum atomic E-state index is -0.710. The third-order valence-electron chi connectivity index (χ3n) is 1.58. The Kier molecular flexibility index (Phi) is 2.68. The summed E-state index contributed by atoms with van der Waals surface area (Å²) in [4.78, 5) is 22.0. The van der Waals surface area contributed by atoms with E-state index in [2.05, 4.69) is 29.7 Å². The highest BCUT2D eigenvalue weighted by Gasteiger charge is 2.31. The lowest BCUT2D eigenvalue weighted by atomic mass is 10.1. The number of ether oxygens (including phenoxy) is 1. The van der Waals surface area contributed by atoms with Crippen molar-refractivity contribution in [2.75, 3.05) is 0 Å². The van der Waals surface area contributed by atoms with Gasteiger partial charge < -0.3 is 4.74 Å². The lowest BCUT2D eigenvalue weighted by Gasteiger charge is -1.89. The van der Waals surface area contributed by atoms with Gasteiger partial charge in [-0.1, -0.05) is 19.1 Å². The van der Waals surface area contributed by atoms with Crippen molar-refractivity contribution in [2.45, 2.75) is 6.92 Å². The number of cyclic esters (lactones) is 2. The van der Waals surface area contributed by atoms with E-state index in [1.54, 1.807) is 6.92 Å². The Morgan fingerprint density at radius 1 is 1.43 bits per heavy atom. The molecule has 0 saturated carbocycles. The van der Waals surface area contributed by atoms with Gasteiger partial charge in [0, 0.05) is 5.57 Å². The molecule has 0 amide bonds. The van der Waals surface area contributed by atoms with Gasteiger partial charge in [0.1, 0.15) is 0 Å². The van der Waals surface area contributed by atoms with E-state index in [4.69, 9.17) is 0 Å². The number of esters is 2. The second-order valence-electron chi connectivity index (χ2n) is 2.61. The molecule has 0 aliphatic carbocycles. The van der Waals surface area contributed by atoms with Crippen LogP contribution in [0.25, 0.3) is 0 Å². The first-order valence-electron chi connectivity index (χ1n) is 3.85. The second kappa shape index (κ2) is 3.75. The molecule has 1 aliphatic heterocycles. The summed E-state index contributed by atoms with van der Waals surface area (Å²) in [5.74, 6) is 3.86. The summed E-state index contributed by atoms with van der Waals surface area (Å²) in [5, 5.41) is 0. The zero-order valence-corrected chi connectivity index (χ0v) is 7.72. The van der Waals surface area contributed by atoms with Crippen molar-refractivity contribution >= 4 is 11.9 Å². The number of carbonyl (C=O) groups excluding carboxylic acids is 2. The maximum Gasteiger partial charge on any atom is 0.346 e. The molecule has 1 rings (SSSR count). The first kappa shape index (κ1) is 10.0. The Balaban J connectivity index is 3.02. The van der Waals surface area contributed by atoms with Crippen LogP contribution in [0, 0.1) is 11.8 Å². The normalized spacial score (nSPS) is 17.8. The first-order valence-corrected chi connectivity index (χ1v) is 3.85. The molecule has 0 N–H and O–H groups in total. The van der Waals surface area contributed by atoms with Gasteiger partial charge in [-0.15, -0.1) is 5.92 Å². The van der Waals surface area contributed by atoms with Crippen LogP contribution >= 0.6 is 0 Å². The van der Waals surface area contributed by atoms with E-state index in [9.17, 15) is 9.59 Å². The van der Waals surface area contributed by atoms with Gasteiger partial charge in [0.2, 0.25) is 0 Å². The summed E-state index contributed by atoms with van der Waals surface area (Å²) in [7, 11) is 0. The molecule has 3 nitrogen and oxygen atoms in total. The summed E-state index contributed by atoms with van der Waals surface area (Å²) >= 11 is 0. The fourth-order valence-electron chi connectivity index (χ4n) is 0.951. The molecule has 1 saturated heterocycles. The van der Waals surface area contributed by atoms with Crippen molar-refractivity contribution in [3.8, 4) is 11.8 Å².